The van der Waals surface area contributed by atoms with Gasteiger partial charge in [0.05, 0.1) is 5.69 Å². The lowest BCUT2D eigenvalue weighted by Gasteiger charge is -2.20. The Morgan fingerprint density at radius 2 is 1.56 bits per heavy atom. The number of amides is 1. The van der Waals surface area contributed by atoms with Gasteiger partial charge >= 0.3 is 0 Å². The number of carbonyl (C=O) groups excluding carboxylic acids is 1. The molecule has 2 aromatic rings. The largest absolute Gasteiger partial charge is 0.268 e. The summed E-state index contributed by atoms with van der Waals surface area (Å²) >= 11 is 1.52. The number of carbonyl (C=O) groups is 1. The number of benzene rings is 2. The first kappa shape index (κ1) is 12.7. The Balaban J connectivity index is 2.29. The number of anilines is 1. The van der Waals surface area contributed by atoms with Gasteiger partial charge in [0.25, 0.3) is 5.91 Å². The molecule has 92 valence electrons. The van der Waals surface area contributed by atoms with E-state index in [1.807, 2.05) is 67.6 Å². The van der Waals surface area contributed by atoms with Crippen molar-refractivity contribution >= 4 is 23.5 Å². The highest BCUT2D eigenvalue weighted by Gasteiger charge is 2.17. The predicted molar refractivity (Wildman–Crippen MR) is 77.8 cm³/mol. The van der Waals surface area contributed by atoms with Crippen LogP contribution in [0.15, 0.2) is 60.7 Å². The first-order chi connectivity index (χ1) is 8.83. The molecule has 3 heteroatoms. The van der Waals surface area contributed by atoms with Crippen molar-refractivity contribution in [3.05, 3.63) is 66.2 Å². The summed E-state index contributed by atoms with van der Waals surface area (Å²) in [6, 6.07) is 19.1. The summed E-state index contributed by atoms with van der Waals surface area (Å²) in [4.78, 5) is 12.4. The Hall–Kier alpha value is -1.74. The average Bonchev–Trinajstić information content (AvgIpc) is 2.46. The smallest absolute Gasteiger partial charge is 0.268 e. The Bertz CT molecular complexity index is 498. The topological polar surface area (TPSA) is 20.3 Å². The summed E-state index contributed by atoms with van der Waals surface area (Å²) in [5.74, 6) is 0.877. The average molecular weight is 257 g/mol. The van der Waals surface area contributed by atoms with Crippen LogP contribution in [-0.2, 0) is 0 Å². The maximum absolute atomic E-state index is 12.4. The fourth-order valence-corrected chi connectivity index (χ4v) is 2.39. The van der Waals surface area contributed by atoms with Crippen LogP contribution in [0.5, 0.6) is 0 Å². The van der Waals surface area contributed by atoms with Gasteiger partial charge in [-0.25, -0.2) is 0 Å². The molecule has 0 N–H and O–H groups in total. The van der Waals surface area contributed by atoms with E-state index in [0.29, 0.717) is 5.56 Å². The van der Waals surface area contributed by atoms with Crippen molar-refractivity contribution in [1.29, 1.82) is 0 Å². The molecule has 0 unspecified atom stereocenters. The van der Waals surface area contributed by atoms with Crippen LogP contribution in [0, 0.1) is 0 Å². The van der Waals surface area contributed by atoms with Gasteiger partial charge in [0.2, 0.25) is 0 Å². The van der Waals surface area contributed by atoms with Crippen LogP contribution in [0.1, 0.15) is 17.3 Å². The molecule has 0 aliphatic carbocycles. The number of hydrogen-bond donors (Lipinski definition) is 0. The quantitative estimate of drug-likeness (QED) is 0.772. The summed E-state index contributed by atoms with van der Waals surface area (Å²) in [7, 11) is 0. The Morgan fingerprint density at radius 1 is 1.00 bits per heavy atom. The molecule has 0 radical (unpaired) electrons. The minimum atomic E-state index is 0.0219. The van der Waals surface area contributed by atoms with E-state index in [9.17, 15) is 4.79 Å². The molecule has 0 atom stereocenters. The second-order valence-corrected chi connectivity index (χ2v) is 4.92. The van der Waals surface area contributed by atoms with Crippen LogP contribution in [0.25, 0.3) is 0 Å². The van der Waals surface area contributed by atoms with Crippen molar-refractivity contribution < 1.29 is 4.79 Å². The maximum atomic E-state index is 12.4. The summed E-state index contributed by atoms with van der Waals surface area (Å²) in [6.07, 6.45) is 0. The van der Waals surface area contributed by atoms with E-state index in [1.165, 1.54) is 11.9 Å². The number of para-hydroxylation sites is 1. The lowest BCUT2D eigenvalue weighted by atomic mass is 10.2. The van der Waals surface area contributed by atoms with Crippen molar-refractivity contribution in [3.8, 4) is 0 Å². The fraction of sp³-hybridized carbons (Fsp3) is 0.133. The van der Waals surface area contributed by atoms with Crippen LogP contribution >= 0.6 is 11.9 Å². The molecular formula is C15H15NOS. The van der Waals surface area contributed by atoms with Gasteiger partial charge in [-0.1, -0.05) is 43.3 Å². The van der Waals surface area contributed by atoms with Gasteiger partial charge in [-0.15, -0.1) is 0 Å². The molecule has 0 aliphatic rings. The van der Waals surface area contributed by atoms with E-state index < -0.39 is 0 Å². The van der Waals surface area contributed by atoms with Gasteiger partial charge in [-0.05, 0) is 36.2 Å². The van der Waals surface area contributed by atoms with Crippen LogP contribution in [-0.4, -0.2) is 11.7 Å². The molecule has 1 amide bonds. The van der Waals surface area contributed by atoms with E-state index in [0.717, 1.165) is 11.4 Å². The molecule has 0 spiro atoms. The second-order valence-electron chi connectivity index (χ2n) is 3.72. The molecule has 2 aromatic carbocycles. The lowest BCUT2D eigenvalue weighted by Crippen LogP contribution is -2.24. The third-order valence-corrected chi connectivity index (χ3v) is 3.35. The molecule has 0 bridgehead atoms. The van der Waals surface area contributed by atoms with E-state index in [-0.39, 0.29) is 5.91 Å². The minimum Gasteiger partial charge on any atom is -0.268 e. The van der Waals surface area contributed by atoms with E-state index >= 15 is 0 Å². The molecule has 0 fully saturated rings. The highest BCUT2D eigenvalue weighted by Crippen LogP contribution is 2.24. The zero-order valence-corrected chi connectivity index (χ0v) is 11.1. The molecule has 0 aliphatic heterocycles. The Kier molecular flexibility index (Phi) is 4.42. The minimum absolute atomic E-state index is 0.0219. The van der Waals surface area contributed by atoms with Crippen molar-refractivity contribution in [2.75, 3.05) is 10.1 Å². The second kappa shape index (κ2) is 6.26. The molecule has 0 heterocycles. The normalized spacial score (nSPS) is 10.1. The van der Waals surface area contributed by atoms with Crippen LogP contribution in [0.3, 0.4) is 0 Å². The third-order valence-electron chi connectivity index (χ3n) is 2.45. The fourth-order valence-electron chi connectivity index (χ4n) is 1.64. The molecule has 2 rings (SSSR count). The SMILES string of the molecule is CCSN(C(=O)c1ccccc1)c1ccccc1. The number of nitrogens with zero attached hydrogens (tertiary/aromatic N) is 1. The highest BCUT2D eigenvalue weighted by molar-refractivity contribution is 8.01. The molecule has 0 saturated heterocycles. The number of rotatable bonds is 4. The van der Waals surface area contributed by atoms with Gasteiger partial charge in [0, 0.05) is 11.3 Å². The zero-order chi connectivity index (χ0) is 12.8. The summed E-state index contributed by atoms with van der Waals surface area (Å²) in [5, 5.41) is 0. The van der Waals surface area contributed by atoms with Crippen molar-refractivity contribution in [1.82, 2.24) is 0 Å². The Labute approximate surface area is 112 Å². The Morgan fingerprint density at radius 3 is 2.11 bits per heavy atom. The molecule has 0 saturated carbocycles. The van der Waals surface area contributed by atoms with Crippen molar-refractivity contribution in [2.45, 2.75) is 6.92 Å². The van der Waals surface area contributed by atoms with Gasteiger partial charge in [-0.3, -0.25) is 9.10 Å². The van der Waals surface area contributed by atoms with Gasteiger partial charge in [0.1, 0.15) is 0 Å². The summed E-state index contributed by atoms with van der Waals surface area (Å²) in [6.45, 7) is 2.04. The lowest BCUT2D eigenvalue weighted by molar-refractivity contribution is 0.101. The van der Waals surface area contributed by atoms with Crippen LogP contribution < -0.4 is 4.31 Å². The van der Waals surface area contributed by atoms with Gasteiger partial charge in [0.15, 0.2) is 0 Å². The van der Waals surface area contributed by atoms with E-state index in [2.05, 4.69) is 0 Å². The molecule has 2 nitrogen and oxygen atoms in total. The maximum Gasteiger partial charge on any atom is 0.268 e. The zero-order valence-electron chi connectivity index (χ0n) is 10.2. The predicted octanol–water partition coefficient (Wildman–Crippen LogP) is 4.00. The van der Waals surface area contributed by atoms with Gasteiger partial charge in [-0.2, -0.15) is 0 Å². The first-order valence-electron chi connectivity index (χ1n) is 5.90. The van der Waals surface area contributed by atoms with Gasteiger partial charge < -0.3 is 0 Å². The molecule has 18 heavy (non-hydrogen) atoms. The standard InChI is InChI=1S/C15H15NOS/c1-2-18-16(14-11-7-4-8-12-14)15(17)13-9-5-3-6-10-13/h3-12H,2H2,1H3. The first-order valence-corrected chi connectivity index (χ1v) is 6.84. The third kappa shape index (κ3) is 2.93. The highest BCUT2D eigenvalue weighted by atomic mass is 32.2. The molecule has 0 aromatic heterocycles. The summed E-state index contributed by atoms with van der Waals surface area (Å²) in [5.41, 5.74) is 1.63. The van der Waals surface area contributed by atoms with Crippen LogP contribution in [0.4, 0.5) is 5.69 Å². The van der Waals surface area contributed by atoms with E-state index in [4.69, 9.17) is 0 Å². The monoisotopic (exact) mass is 257 g/mol. The van der Waals surface area contributed by atoms with Crippen molar-refractivity contribution in [3.63, 3.8) is 0 Å². The summed E-state index contributed by atoms with van der Waals surface area (Å²) < 4.78 is 1.75. The van der Waals surface area contributed by atoms with Crippen LogP contribution in [0.2, 0.25) is 0 Å². The van der Waals surface area contributed by atoms with Crippen molar-refractivity contribution in [2.24, 2.45) is 0 Å². The van der Waals surface area contributed by atoms with E-state index in [1.54, 1.807) is 4.31 Å². The number of hydrogen-bond acceptors (Lipinski definition) is 2. The molecular weight excluding hydrogens is 242 g/mol.